The lowest BCUT2D eigenvalue weighted by Gasteiger charge is -2.08. The summed E-state index contributed by atoms with van der Waals surface area (Å²) in [5.41, 5.74) is 0. The van der Waals surface area contributed by atoms with Crippen LogP contribution in [0.5, 0.6) is 11.6 Å². The highest BCUT2D eigenvalue weighted by atomic mass is 35.5. The van der Waals surface area contributed by atoms with Crippen LogP contribution in [-0.4, -0.2) is 15.2 Å². The summed E-state index contributed by atoms with van der Waals surface area (Å²) in [7, 11) is 0. The molecule has 0 bridgehead atoms. The second-order valence-corrected chi connectivity index (χ2v) is 4.89. The molecule has 0 amide bonds. The molecule has 1 aromatic carbocycles. The zero-order valence-corrected chi connectivity index (χ0v) is 12.1. The number of hydrogen-bond donors (Lipinski definition) is 0. The molecule has 18 heavy (non-hydrogen) atoms. The van der Waals surface area contributed by atoms with Crippen molar-refractivity contribution in [3.05, 3.63) is 37.6 Å². The van der Waals surface area contributed by atoms with Gasteiger partial charge in [-0.2, -0.15) is 4.98 Å². The number of hydrogen-bond acceptors (Lipinski definition) is 4. The Balaban J connectivity index is 2.40. The van der Waals surface area contributed by atoms with Crippen molar-refractivity contribution in [1.82, 2.24) is 15.2 Å². The third-order valence-electron chi connectivity index (χ3n) is 1.77. The molecule has 4 nitrogen and oxygen atoms in total. The topological polar surface area (TPSA) is 47.9 Å². The van der Waals surface area contributed by atoms with Crippen molar-refractivity contribution in [2.45, 2.75) is 0 Å². The van der Waals surface area contributed by atoms with Gasteiger partial charge in [-0.1, -0.05) is 46.4 Å². The Morgan fingerprint density at radius 1 is 0.833 bits per heavy atom. The first-order valence-corrected chi connectivity index (χ1v) is 6.24. The summed E-state index contributed by atoms with van der Waals surface area (Å²) in [6.07, 6.45) is 0. The summed E-state index contributed by atoms with van der Waals surface area (Å²) < 4.78 is 5.35. The Hall–Kier alpha value is -0.520. The van der Waals surface area contributed by atoms with Crippen molar-refractivity contribution in [3.63, 3.8) is 0 Å². The molecule has 94 valence electrons. The van der Waals surface area contributed by atoms with Crippen LogP contribution < -0.4 is 4.74 Å². The maximum absolute atomic E-state index is 5.94. The Labute approximate surface area is 127 Å². The van der Waals surface area contributed by atoms with Crippen molar-refractivity contribution in [1.29, 1.82) is 0 Å². The molecule has 0 radical (unpaired) electrons. The highest BCUT2D eigenvalue weighted by Gasteiger charge is 2.13. The highest BCUT2D eigenvalue weighted by Crippen LogP contribution is 2.37. The zero-order valence-electron chi connectivity index (χ0n) is 8.29. The molecule has 9 heteroatoms. The Bertz CT molecular complexity index is 607. The molecule has 0 spiro atoms. The molecule has 0 atom stereocenters. The van der Waals surface area contributed by atoms with Crippen LogP contribution in [0, 0.1) is 0 Å². The van der Waals surface area contributed by atoms with Crippen molar-refractivity contribution in [2.75, 3.05) is 0 Å². The number of nitrogens with zero attached hydrogens (tertiary/aromatic N) is 3. The smallest absolute Gasteiger partial charge is 0.262 e. The summed E-state index contributed by atoms with van der Waals surface area (Å²) >= 11 is 28.9. The molecule has 0 aliphatic rings. The van der Waals surface area contributed by atoms with E-state index in [1.807, 2.05) is 0 Å². The van der Waals surface area contributed by atoms with E-state index in [-0.39, 0.29) is 32.1 Å². The largest absolute Gasteiger partial charge is 0.435 e. The monoisotopic (exact) mass is 343 g/mol. The SMILES string of the molecule is Clc1nnc(Cl)c(Oc2cc(Cl)c(Cl)cc2Cl)n1. The minimum absolute atomic E-state index is 0.0306. The predicted octanol–water partition coefficient (Wildman–Crippen LogP) is 4.93. The van der Waals surface area contributed by atoms with Gasteiger partial charge in [0, 0.05) is 6.07 Å². The van der Waals surface area contributed by atoms with Crippen LogP contribution in [0.15, 0.2) is 12.1 Å². The summed E-state index contributed by atoms with van der Waals surface area (Å²) in [6, 6.07) is 2.86. The third kappa shape index (κ3) is 3.08. The third-order valence-corrected chi connectivity index (χ3v) is 3.19. The molecule has 2 rings (SSSR count). The molecular weight excluding hydrogens is 343 g/mol. The van der Waals surface area contributed by atoms with Gasteiger partial charge in [-0.15, -0.1) is 10.2 Å². The molecule has 0 aliphatic carbocycles. The normalized spacial score (nSPS) is 10.5. The summed E-state index contributed by atoms with van der Waals surface area (Å²) in [4.78, 5) is 3.76. The number of halogens is 5. The van der Waals surface area contributed by atoms with E-state index in [4.69, 9.17) is 62.7 Å². The van der Waals surface area contributed by atoms with Gasteiger partial charge in [-0.05, 0) is 17.7 Å². The molecule has 0 N–H and O–H groups in total. The lowest BCUT2D eigenvalue weighted by atomic mass is 10.3. The molecule has 2 aromatic rings. The van der Waals surface area contributed by atoms with Gasteiger partial charge in [0.25, 0.3) is 5.88 Å². The van der Waals surface area contributed by atoms with Crippen molar-refractivity contribution >= 4 is 58.0 Å². The fourth-order valence-electron chi connectivity index (χ4n) is 1.03. The van der Waals surface area contributed by atoms with E-state index >= 15 is 0 Å². The van der Waals surface area contributed by atoms with Gasteiger partial charge in [0.2, 0.25) is 10.4 Å². The maximum atomic E-state index is 5.94. The van der Waals surface area contributed by atoms with E-state index in [0.29, 0.717) is 5.02 Å². The highest BCUT2D eigenvalue weighted by molar-refractivity contribution is 6.43. The maximum Gasteiger partial charge on any atom is 0.262 e. The minimum atomic E-state index is -0.106. The van der Waals surface area contributed by atoms with Crippen LogP contribution in [0.25, 0.3) is 0 Å². The first-order valence-electron chi connectivity index (χ1n) is 4.35. The Morgan fingerprint density at radius 3 is 2.22 bits per heavy atom. The van der Waals surface area contributed by atoms with Gasteiger partial charge in [0.1, 0.15) is 5.75 Å². The lowest BCUT2D eigenvalue weighted by molar-refractivity contribution is 0.458. The van der Waals surface area contributed by atoms with Crippen LogP contribution in [0.3, 0.4) is 0 Å². The second-order valence-electron chi connectivity index (χ2n) is 2.98. The Kier molecular flexibility index (Phi) is 4.35. The van der Waals surface area contributed by atoms with E-state index < -0.39 is 0 Å². The Morgan fingerprint density at radius 2 is 1.50 bits per heavy atom. The van der Waals surface area contributed by atoms with E-state index in [0.717, 1.165) is 0 Å². The molecule has 0 saturated heterocycles. The zero-order chi connectivity index (χ0) is 13.3. The van der Waals surface area contributed by atoms with Crippen LogP contribution in [0.2, 0.25) is 25.5 Å². The number of aromatic nitrogens is 3. The summed E-state index contributed by atoms with van der Waals surface area (Å²) in [5.74, 6) is 0.196. The molecule has 0 aliphatic heterocycles. The quantitative estimate of drug-likeness (QED) is 0.724. The number of benzene rings is 1. The van der Waals surface area contributed by atoms with E-state index in [2.05, 4.69) is 15.2 Å². The number of rotatable bonds is 2. The summed E-state index contributed by atoms with van der Waals surface area (Å²) in [5, 5.41) is 7.65. The van der Waals surface area contributed by atoms with E-state index in [9.17, 15) is 0 Å². The second kappa shape index (κ2) is 5.63. The fourth-order valence-corrected chi connectivity index (χ4v) is 1.84. The van der Waals surface area contributed by atoms with Gasteiger partial charge in [-0.3, -0.25) is 0 Å². The molecule has 0 unspecified atom stereocenters. The molecule has 0 saturated carbocycles. The van der Waals surface area contributed by atoms with Crippen molar-refractivity contribution in [2.24, 2.45) is 0 Å². The first-order chi connectivity index (χ1) is 8.47. The van der Waals surface area contributed by atoms with Crippen LogP contribution >= 0.6 is 58.0 Å². The van der Waals surface area contributed by atoms with Crippen LogP contribution in [0.1, 0.15) is 0 Å². The minimum Gasteiger partial charge on any atom is -0.435 e. The van der Waals surface area contributed by atoms with Gasteiger partial charge < -0.3 is 4.74 Å². The van der Waals surface area contributed by atoms with Crippen LogP contribution in [0.4, 0.5) is 0 Å². The fraction of sp³-hybridized carbons (Fsp3) is 0. The molecule has 0 fully saturated rings. The van der Waals surface area contributed by atoms with E-state index in [1.54, 1.807) is 0 Å². The van der Waals surface area contributed by atoms with Crippen molar-refractivity contribution < 1.29 is 4.74 Å². The van der Waals surface area contributed by atoms with Crippen LogP contribution in [-0.2, 0) is 0 Å². The van der Waals surface area contributed by atoms with Crippen molar-refractivity contribution in [3.8, 4) is 11.6 Å². The van der Waals surface area contributed by atoms with Gasteiger partial charge in [-0.25, -0.2) is 0 Å². The molecule has 1 aromatic heterocycles. The van der Waals surface area contributed by atoms with Gasteiger partial charge >= 0.3 is 0 Å². The summed E-state index contributed by atoms with van der Waals surface area (Å²) in [6.45, 7) is 0. The first kappa shape index (κ1) is 13.9. The molecule has 1 heterocycles. The average molecular weight is 345 g/mol. The van der Waals surface area contributed by atoms with E-state index in [1.165, 1.54) is 12.1 Å². The molecular formula is C9H2Cl5N3O. The average Bonchev–Trinajstić information content (AvgIpc) is 2.30. The lowest BCUT2D eigenvalue weighted by Crippen LogP contribution is -1.95. The predicted molar refractivity (Wildman–Crippen MR) is 71.4 cm³/mol. The standard InChI is InChI=1S/C9H2Cl5N3O/c10-3-1-5(12)6(2-4(3)11)18-8-7(13)16-17-9(14)15-8/h1-2H. The van der Waals surface area contributed by atoms with Gasteiger partial charge in [0.15, 0.2) is 0 Å². The number of ether oxygens (including phenoxy) is 1. The van der Waals surface area contributed by atoms with Gasteiger partial charge in [0.05, 0.1) is 15.1 Å².